The zero-order valence-corrected chi connectivity index (χ0v) is 5.90. The van der Waals surface area contributed by atoms with Crippen LogP contribution in [0, 0.1) is 10.1 Å². The summed E-state index contributed by atoms with van der Waals surface area (Å²) in [6, 6.07) is 0. The molecular formula is C4H8N4O3. The van der Waals surface area contributed by atoms with Crippen molar-refractivity contribution in [3.05, 3.63) is 10.1 Å². The summed E-state index contributed by atoms with van der Waals surface area (Å²) in [6.45, 7) is 1.97. The SMILES string of the molecule is CC1NC(=N[N+](=O)[O-])NCO1. The molecule has 1 fully saturated rings. The minimum atomic E-state index is -0.770. The van der Waals surface area contributed by atoms with Gasteiger partial charge >= 0.3 is 0 Å². The molecule has 0 aliphatic carbocycles. The zero-order chi connectivity index (χ0) is 8.27. The van der Waals surface area contributed by atoms with Crippen molar-refractivity contribution in [2.75, 3.05) is 6.73 Å². The summed E-state index contributed by atoms with van der Waals surface area (Å²) >= 11 is 0. The highest BCUT2D eigenvalue weighted by Gasteiger charge is 2.14. The van der Waals surface area contributed by atoms with Crippen molar-refractivity contribution >= 4 is 5.96 Å². The molecule has 0 bridgehead atoms. The molecule has 2 N–H and O–H groups in total. The van der Waals surface area contributed by atoms with Gasteiger partial charge in [-0.15, -0.1) is 0 Å². The lowest BCUT2D eigenvalue weighted by molar-refractivity contribution is -0.485. The van der Waals surface area contributed by atoms with Gasteiger partial charge in [-0.3, -0.25) is 0 Å². The van der Waals surface area contributed by atoms with Crippen molar-refractivity contribution in [3.8, 4) is 0 Å². The number of hydrogen-bond donors (Lipinski definition) is 2. The van der Waals surface area contributed by atoms with Gasteiger partial charge in [0.1, 0.15) is 18.1 Å². The molecule has 1 atom stereocenters. The fourth-order valence-electron chi connectivity index (χ4n) is 0.666. The van der Waals surface area contributed by atoms with Crippen LogP contribution in [0.2, 0.25) is 0 Å². The Bertz CT molecular complexity index is 192. The van der Waals surface area contributed by atoms with Crippen molar-refractivity contribution in [1.29, 1.82) is 0 Å². The molecule has 1 heterocycles. The third-order valence-corrected chi connectivity index (χ3v) is 1.09. The van der Waals surface area contributed by atoms with E-state index >= 15 is 0 Å². The van der Waals surface area contributed by atoms with Gasteiger partial charge in [0, 0.05) is 0 Å². The molecule has 1 unspecified atom stereocenters. The predicted octanol–water partition coefficient (Wildman–Crippen LogP) is -0.953. The molecule has 0 saturated carbocycles. The standard InChI is InChI=1S/C4H8N4O3/c1-3-6-4(5-2-11-3)7-8(9)10/h3H,2H2,1H3,(H2,5,6,7). The quantitative estimate of drug-likeness (QED) is 0.381. The van der Waals surface area contributed by atoms with Gasteiger partial charge in [0.25, 0.3) is 5.96 Å². The number of nitro groups is 1. The molecule has 0 amide bonds. The first kappa shape index (κ1) is 7.73. The largest absolute Gasteiger partial charge is 0.339 e. The molecule has 1 rings (SSSR count). The van der Waals surface area contributed by atoms with Gasteiger partial charge in [0.2, 0.25) is 0 Å². The lowest BCUT2D eigenvalue weighted by Gasteiger charge is -2.22. The molecule has 0 aromatic carbocycles. The highest BCUT2D eigenvalue weighted by molar-refractivity contribution is 5.79. The zero-order valence-electron chi connectivity index (χ0n) is 5.90. The Balaban J connectivity index is 2.52. The van der Waals surface area contributed by atoms with Crippen LogP contribution >= 0.6 is 0 Å². The maximum absolute atomic E-state index is 9.87. The summed E-state index contributed by atoms with van der Waals surface area (Å²) in [5.41, 5.74) is 0. The van der Waals surface area contributed by atoms with Gasteiger partial charge in [-0.2, -0.15) is 0 Å². The van der Waals surface area contributed by atoms with Gasteiger partial charge < -0.3 is 15.4 Å². The van der Waals surface area contributed by atoms with Crippen molar-refractivity contribution in [2.24, 2.45) is 5.10 Å². The van der Waals surface area contributed by atoms with E-state index in [1.165, 1.54) is 0 Å². The normalized spacial score (nSPS) is 27.4. The summed E-state index contributed by atoms with van der Waals surface area (Å²) in [6.07, 6.45) is -0.241. The van der Waals surface area contributed by atoms with Crippen LogP contribution in [0.4, 0.5) is 0 Å². The van der Waals surface area contributed by atoms with Crippen LogP contribution in [0.3, 0.4) is 0 Å². The Hall–Kier alpha value is -1.37. The summed E-state index contributed by atoms with van der Waals surface area (Å²) in [7, 11) is 0. The van der Waals surface area contributed by atoms with E-state index < -0.39 is 5.03 Å². The van der Waals surface area contributed by atoms with Gasteiger partial charge in [-0.1, -0.05) is 0 Å². The second kappa shape index (κ2) is 3.15. The topological polar surface area (TPSA) is 88.8 Å². The number of nitrogens with zero attached hydrogens (tertiary/aromatic N) is 2. The van der Waals surface area contributed by atoms with Gasteiger partial charge in [-0.05, 0) is 6.92 Å². The number of guanidine groups is 1. The third kappa shape index (κ3) is 2.38. The van der Waals surface area contributed by atoms with Crippen LogP contribution in [-0.4, -0.2) is 24.0 Å². The summed E-state index contributed by atoms with van der Waals surface area (Å²) in [5.74, 6) is 0.133. The Labute approximate surface area is 62.6 Å². The van der Waals surface area contributed by atoms with Crippen LogP contribution in [-0.2, 0) is 4.74 Å². The van der Waals surface area contributed by atoms with Crippen LogP contribution in [0.1, 0.15) is 6.92 Å². The Morgan fingerprint density at radius 1 is 1.91 bits per heavy atom. The van der Waals surface area contributed by atoms with E-state index in [0.29, 0.717) is 0 Å². The molecule has 62 valence electrons. The van der Waals surface area contributed by atoms with Gasteiger partial charge in [0.15, 0.2) is 5.03 Å². The minimum Gasteiger partial charge on any atom is -0.339 e. The average Bonchev–Trinajstić information content (AvgIpc) is 1.85. The summed E-state index contributed by atoms with van der Waals surface area (Å²) in [5, 5.41) is 17.3. The maximum Gasteiger partial charge on any atom is 0.272 e. The lowest BCUT2D eigenvalue weighted by Crippen LogP contribution is -2.50. The second-order valence-corrected chi connectivity index (χ2v) is 1.96. The van der Waals surface area contributed by atoms with E-state index in [1.54, 1.807) is 6.92 Å². The Morgan fingerprint density at radius 2 is 2.64 bits per heavy atom. The third-order valence-electron chi connectivity index (χ3n) is 1.09. The first-order valence-electron chi connectivity index (χ1n) is 3.03. The van der Waals surface area contributed by atoms with E-state index in [9.17, 15) is 10.1 Å². The van der Waals surface area contributed by atoms with Crippen molar-refractivity contribution in [1.82, 2.24) is 10.6 Å². The van der Waals surface area contributed by atoms with E-state index in [2.05, 4.69) is 15.7 Å². The van der Waals surface area contributed by atoms with E-state index in [-0.39, 0.29) is 18.9 Å². The smallest absolute Gasteiger partial charge is 0.272 e. The number of nitrogens with one attached hydrogen (secondary N) is 2. The fraction of sp³-hybridized carbons (Fsp3) is 0.750. The monoisotopic (exact) mass is 160 g/mol. The van der Waals surface area contributed by atoms with Crippen molar-refractivity contribution < 1.29 is 9.77 Å². The minimum absolute atomic E-state index is 0.133. The molecule has 0 aromatic heterocycles. The fourth-order valence-corrected chi connectivity index (χ4v) is 0.666. The summed E-state index contributed by atoms with van der Waals surface area (Å²) < 4.78 is 4.96. The average molecular weight is 160 g/mol. The molecule has 0 aromatic rings. The second-order valence-electron chi connectivity index (χ2n) is 1.96. The van der Waals surface area contributed by atoms with Crippen molar-refractivity contribution in [2.45, 2.75) is 13.2 Å². The maximum atomic E-state index is 9.87. The molecule has 0 radical (unpaired) electrons. The predicted molar refractivity (Wildman–Crippen MR) is 36.1 cm³/mol. The van der Waals surface area contributed by atoms with E-state index in [0.717, 1.165) is 0 Å². The first-order chi connectivity index (χ1) is 5.18. The van der Waals surface area contributed by atoms with Crippen LogP contribution in [0.15, 0.2) is 5.10 Å². The molecule has 1 aliphatic heterocycles. The highest BCUT2D eigenvalue weighted by Crippen LogP contribution is 1.89. The Morgan fingerprint density at radius 3 is 3.18 bits per heavy atom. The summed E-state index contributed by atoms with van der Waals surface area (Å²) in [4.78, 5) is 9.87. The number of ether oxygens (including phenoxy) is 1. The van der Waals surface area contributed by atoms with E-state index in [1.807, 2.05) is 0 Å². The van der Waals surface area contributed by atoms with E-state index in [4.69, 9.17) is 4.74 Å². The molecule has 11 heavy (non-hydrogen) atoms. The van der Waals surface area contributed by atoms with Gasteiger partial charge in [0.05, 0.1) is 0 Å². The number of hydrazone groups is 1. The molecule has 7 nitrogen and oxygen atoms in total. The first-order valence-corrected chi connectivity index (χ1v) is 3.03. The Kier molecular flexibility index (Phi) is 2.21. The molecule has 1 saturated heterocycles. The molecule has 1 aliphatic rings. The number of hydrogen-bond acceptors (Lipinski definition) is 3. The highest BCUT2D eigenvalue weighted by atomic mass is 16.7. The van der Waals surface area contributed by atoms with Gasteiger partial charge in [-0.25, -0.2) is 10.1 Å². The van der Waals surface area contributed by atoms with Crippen LogP contribution < -0.4 is 10.6 Å². The molecular weight excluding hydrogens is 152 g/mol. The molecule has 0 spiro atoms. The van der Waals surface area contributed by atoms with Crippen molar-refractivity contribution in [3.63, 3.8) is 0 Å². The van der Waals surface area contributed by atoms with Crippen LogP contribution in [0.5, 0.6) is 0 Å². The van der Waals surface area contributed by atoms with Crippen LogP contribution in [0.25, 0.3) is 0 Å². The number of rotatable bonds is 1. The lowest BCUT2D eigenvalue weighted by atomic mass is 10.6. The molecule has 7 heteroatoms.